The Morgan fingerprint density at radius 2 is 1.79 bits per heavy atom. The summed E-state index contributed by atoms with van der Waals surface area (Å²) in [7, 11) is -2.45. The number of nitrogens with zero attached hydrogens (tertiary/aromatic N) is 1. The lowest BCUT2D eigenvalue weighted by Crippen LogP contribution is -2.49. The summed E-state index contributed by atoms with van der Waals surface area (Å²) in [5.41, 5.74) is 0.0505. The maximum absolute atomic E-state index is 12.6. The molecule has 29 heavy (non-hydrogen) atoms. The van der Waals surface area contributed by atoms with Crippen LogP contribution in [0.3, 0.4) is 0 Å². The van der Waals surface area contributed by atoms with Crippen LogP contribution in [-0.4, -0.2) is 57.0 Å². The molecule has 2 atom stereocenters. The minimum absolute atomic E-state index is 0.0505. The van der Waals surface area contributed by atoms with Crippen molar-refractivity contribution in [2.24, 2.45) is 0 Å². The number of esters is 1. The average Bonchev–Trinajstić information content (AvgIpc) is 3.48. The van der Waals surface area contributed by atoms with Crippen LogP contribution in [0.5, 0.6) is 5.75 Å². The van der Waals surface area contributed by atoms with Crippen LogP contribution < -0.4 is 9.46 Å². The van der Waals surface area contributed by atoms with E-state index in [-0.39, 0.29) is 46.8 Å². The second kappa shape index (κ2) is 8.71. The molecule has 1 amide bonds. The molecule has 1 saturated carbocycles. The maximum Gasteiger partial charge on any atom is 0.338 e. The van der Waals surface area contributed by atoms with Gasteiger partial charge >= 0.3 is 5.97 Å². The Bertz CT molecular complexity index is 871. The van der Waals surface area contributed by atoms with Gasteiger partial charge in [-0.1, -0.05) is 0 Å². The fourth-order valence-corrected chi connectivity index (χ4v) is 5.20. The van der Waals surface area contributed by atoms with Crippen molar-refractivity contribution in [3.05, 3.63) is 23.8 Å². The van der Waals surface area contributed by atoms with E-state index in [9.17, 15) is 18.0 Å². The van der Waals surface area contributed by atoms with Gasteiger partial charge in [0.15, 0.2) is 6.61 Å². The van der Waals surface area contributed by atoms with Crippen molar-refractivity contribution < 1.29 is 27.5 Å². The molecule has 0 bridgehead atoms. The van der Waals surface area contributed by atoms with Crippen molar-refractivity contribution in [1.29, 1.82) is 0 Å². The highest BCUT2D eigenvalue weighted by atomic mass is 32.2. The number of likely N-dealkylation sites (tertiary alicyclic amines) is 1. The van der Waals surface area contributed by atoms with Gasteiger partial charge < -0.3 is 14.4 Å². The summed E-state index contributed by atoms with van der Waals surface area (Å²) in [5, 5.41) is 0. The predicted octanol–water partition coefficient (Wildman–Crippen LogP) is 2.08. The number of methoxy groups -OCH3 is 1. The van der Waals surface area contributed by atoms with Crippen molar-refractivity contribution in [1.82, 2.24) is 9.62 Å². The molecular formula is C20H28N2O6S. The topological polar surface area (TPSA) is 102 Å². The van der Waals surface area contributed by atoms with E-state index in [0.29, 0.717) is 0 Å². The summed E-state index contributed by atoms with van der Waals surface area (Å²) < 4.78 is 38.1. The second-order valence-corrected chi connectivity index (χ2v) is 9.45. The van der Waals surface area contributed by atoms with Crippen molar-refractivity contribution in [2.75, 3.05) is 13.7 Å². The number of sulfonamides is 1. The first-order valence-corrected chi connectivity index (χ1v) is 11.4. The fraction of sp³-hybridized carbons (Fsp3) is 0.600. The van der Waals surface area contributed by atoms with Gasteiger partial charge in [0.25, 0.3) is 5.91 Å². The highest BCUT2D eigenvalue weighted by Crippen LogP contribution is 2.28. The Morgan fingerprint density at radius 3 is 2.38 bits per heavy atom. The van der Waals surface area contributed by atoms with E-state index in [1.54, 1.807) is 4.90 Å². The van der Waals surface area contributed by atoms with Gasteiger partial charge in [0, 0.05) is 18.1 Å². The largest absolute Gasteiger partial charge is 0.495 e. The van der Waals surface area contributed by atoms with Crippen molar-refractivity contribution in [3.8, 4) is 5.75 Å². The molecule has 0 unspecified atom stereocenters. The Balaban J connectivity index is 1.70. The van der Waals surface area contributed by atoms with E-state index in [1.165, 1.54) is 25.3 Å². The number of rotatable bonds is 7. The molecule has 1 aromatic carbocycles. The monoisotopic (exact) mass is 424 g/mol. The standard InChI is InChI=1S/C20H28N2O6S/c1-13-5-4-6-14(2)22(13)19(23)12-28-20(24)15-7-10-17(27-3)18(11-15)29(25,26)21-16-8-9-16/h7,10-11,13-14,16,21H,4-6,8-9,12H2,1-3H3/t13-,14-/m0/s1. The van der Waals surface area contributed by atoms with Crippen LogP contribution in [0.4, 0.5) is 0 Å². The third kappa shape index (κ3) is 5.08. The number of hydrogen-bond donors (Lipinski definition) is 1. The maximum atomic E-state index is 12.6. The van der Waals surface area contributed by atoms with Gasteiger partial charge in [-0.3, -0.25) is 4.79 Å². The first-order chi connectivity index (χ1) is 13.7. The molecule has 1 aliphatic carbocycles. The lowest BCUT2D eigenvalue weighted by molar-refractivity contribution is -0.140. The Labute approximate surface area is 171 Å². The molecule has 8 nitrogen and oxygen atoms in total. The van der Waals surface area contributed by atoms with Gasteiger partial charge in [-0.25, -0.2) is 17.9 Å². The summed E-state index contributed by atoms with van der Waals surface area (Å²) in [5.74, 6) is -0.849. The zero-order chi connectivity index (χ0) is 21.2. The number of carbonyl (C=O) groups excluding carboxylic acids is 2. The summed E-state index contributed by atoms with van der Waals surface area (Å²) in [6.07, 6.45) is 4.51. The van der Waals surface area contributed by atoms with Gasteiger partial charge in [0.05, 0.1) is 12.7 Å². The Morgan fingerprint density at radius 1 is 1.14 bits per heavy atom. The molecule has 1 saturated heterocycles. The second-order valence-electron chi connectivity index (χ2n) is 7.77. The summed E-state index contributed by atoms with van der Waals surface area (Å²) in [4.78, 5) is 26.6. The van der Waals surface area contributed by atoms with Crippen LogP contribution in [0.2, 0.25) is 0 Å². The minimum atomic E-state index is -3.82. The fourth-order valence-electron chi connectivity index (χ4n) is 3.70. The number of amides is 1. The van der Waals surface area contributed by atoms with Gasteiger partial charge in [-0.2, -0.15) is 0 Å². The van der Waals surface area contributed by atoms with Gasteiger partial charge in [-0.15, -0.1) is 0 Å². The van der Waals surface area contributed by atoms with Crippen LogP contribution in [0.15, 0.2) is 23.1 Å². The number of nitrogens with one attached hydrogen (secondary N) is 1. The van der Waals surface area contributed by atoms with E-state index in [2.05, 4.69) is 4.72 Å². The molecule has 2 fully saturated rings. The first kappa shape index (κ1) is 21.6. The van der Waals surface area contributed by atoms with Crippen LogP contribution in [0.25, 0.3) is 0 Å². The molecule has 1 heterocycles. The predicted molar refractivity (Wildman–Crippen MR) is 106 cm³/mol. The lowest BCUT2D eigenvalue weighted by atomic mass is 9.97. The summed E-state index contributed by atoms with van der Waals surface area (Å²) >= 11 is 0. The third-order valence-corrected chi connectivity index (χ3v) is 6.94. The van der Waals surface area contributed by atoms with Crippen LogP contribution in [-0.2, 0) is 19.6 Å². The first-order valence-electron chi connectivity index (χ1n) is 9.91. The van der Waals surface area contributed by atoms with Crippen LogP contribution >= 0.6 is 0 Å². The average molecular weight is 425 g/mol. The number of ether oxygens (including phenoxy) is 2. The van der Waals surface area contributed by atoms with E-state index in [1.807, 2.05) is 13.8 Å². The zero-order valence-electron chi connectivity index (χ0n) is 17.0. The molecule has 0 aromatic heterocycles. The zero-order valence-corrected chi connectivity index (χ0v) is 17.8. The van der Waals surface area contributed by atoms with E-state index >= 15 is 0 Å². The molecule has 160 valence electrons. The number of benzene rings is 1. The molecule has 1 N–H and O–H groups in total. The van der Waals surface area contributed by atoms with E-state index < -0.39 is 16.0 Å². The van der Waals surface area contributed by atoms with Crippen LogP contribution in [0.1, 0.15) is 56.3 Å². The van der Waals surface area contributed by atoms with Crippen molar-refractivity contribution in [3.63, 3.8) is 0 Å². The molecular weight excluding hydrogens is 396 g/mol. The molecule has 1 aliphatic heterocycles. The molecule has 3 rings (SSSR count). The highest BCUT2D eigenvalue weighted by Gasteiger charge is 2.31. The Kier molecular flexibility index (Phi) is 6.48. The highest BCUT2D eigenvalue weighted by molar-refractivity contribution is 7.89. The number of piperidine rings is 1. The number of hydrogen-bond acceptors (Lipinski definition) is 6. The third-order valence-electron chi connectivity index (χ3n) is 5.40. The molecule has 0 spiro atoms. The molecule has 1 aromatic rings. The van der Waals surface area contributed by atoms with Crippen molar-refractivity contribution >= 4 is 21.9 Å². The molecule has 0 radical (unpaired) electrons. The molecule has 2 aliphatic rings. The van der Waals surface area contributed by atoms with Gasteiger partial charge in [-0.05, 0) is 64.2 Å². The summed E-state index contributed by atoms with van der Waals surface area (Å²) in [6.45, 7) is 3.60. The lowest BCUT2D eigenvalue weighted by Gasteiger charge is -2.38. The van der Waals surface area contributed by atoms with Gasteiger partial charge in [0.2, 0.25) is 10.0 Å². The van der Waals surface area contributed by atoms with E-state index in [0.717, 1.165) is 32.1 Å². The molecule has 9 heteroatoms. The smallest absolute Gasteiger partial charge is 0.338 e. The quantitative estimate of drug-likeness (QED) is 0.673. The SMILES string of the molecule is COc1ccc(C(=O)OCC(=O)N2[C@@H](C)CCC[C@@H]2C)cc1S(=O)(=O)NC1CC1. The normalized spacial score (nSPS) is 22.2. The van der Waals surface area contributed by atoms with Crippen molar-refractivity contribution in [2.45, 2.75) is 69.0 Å². The van der Waals surface area contributed by atoms with Crippen LogP contribution in [0, 0.1) is 0 Å². The van der Waals surface area contributed by atoms with E-state index in [4.69, 9.17) is 9.47 Å². The van der Waals surface area contributed by atoms with Gasteiger partial charge in [0.1, 0.15) is 10.6 Å². The minimum Gasteiger partial charge on any atom is -0.495 e. The Hall–Kier alpha value is -2.13. The number of carbonyl (C=O) groups is 2. The summed E-state index contributed by atoms with van der Waals surface area (Å²) in [6, 6.07) is 4.20.